The first-order valence-corrected chi connectivity index (χ1v) is 11.8. The monoisotopic (exact) mass is 454 g/mol. The predicted molar refractivity (Wildman–Crippen MR) is 120 cm³/mol. The van der Waals surface area contributed by atoms with Gasteiger partial charge in [-0.05, 0) is 50.2 Å². The van der Waals surface area contributed by atoms with Gasteiger partial charge in [0.05, 0.1) is 21.4 Å². The molecule has 4 rings (SSSR count). The molecular formula is C22H18N2O5S2. The Labute approximate surface area is 182 Å². The highest BCUT2D eigenvalue weighted by Gasteiger charge is 2.20. The van der Waals surface area contributed by atoms with Crippen LogP contribution in [0.5, 0.6) is 0 Å². The van der Waals surface area contributed by atoms with Crippen molar-refractivity contribution in [3.63, 3.8) is 0 Å². The molecule has 0 saturated carbocycles. The summed E-state index contributed by atoms with van der Waals surface area (Å²) >= 11 is 1.17. The number of carbonyl (C=O) groups excluding carboxylic acids is 1. The fraction of sp³-hybridized carbons (Fsp3) is 0.136. The summed E-state index contributed by atoms with van der Waals surface area (Å²) in [6.45, 7) is 3.21. The Morgan fingerprint density at radius 2 is 1.81 bits per heavy atom. The van der Waals surface area contributed by atoms with Crippen molar-refractivity contribution in [2.75, 3.05) is 5.32 Å². The van der Waals surface area contributed by atoms with Crippen LogP contribution in [0, 0.1) is 0 Å². The predicted octanol–water partition coefficient (Wildman–Crippen LogP) is 4.35. The van der Waals surface area contributed by atoms with Crippen LogP contribution in [-0.4, -0.2) is 24.6 Å². The Morgan fingerprint density at radius 3 is 2.52 bits per heavy atom. The molecule has 0 aliphatic rings. The molecule has 2 aromatic carbocycles. The third kappa shape index (κ3) is 4.14. The summed E-state index contributed by atoms with van der Waals surface area (Å²) in [5.74, 6) is -0.431. The Morgan fingerprint density at radius 1 is 1.10 bits per heavy atom. The molecule has 2 heterocycles. The topological polar surface area (TPSA) is 106 Å². The van der Waals surface area contributed by atoms with Gasteiger partial charge < -0.3 is 4.42 Å². The zero-order chi connectivity index (χ0) is 22.2. The quantitative estimate of drug-likeness (QED) is 0.449. The number of amides is 1. The summed E-state index contributed by atoms with van der Waals surface area (Å²) in [6, 6.07) is 14.6. The van der Waals surface area contributed by atoms with E-state index in [1.165, 1.54) is 35.6 Å². The van der Waals surface area contributed by atoms with E-state index in [-0.39, 0.29) is 4.90 Å². The van der Waals surface area contributed by atoms with Gasteiger partial charge in [0.15, 0.2) is 15.0 Å². The summed E-state index contributed by atoms with van der Waals surface area (Å²) in [4.78, 5) is 29.3. The first-order valence-electron chi connectivity index (χ1n) is 9.40. The van der Waals surface area contributed by atoms with Crippen molar-refractivity contribution in [1.29, 1.82) is 0 Å². The average Bonchev–Trinajstić information content (AvgIpc) is 3.21. The molecule has 0 bridgehead atoms. The van der Waals surface area contributed by atoms with E-state index in [4.69, 9.17) is 4.42 Å². The van der Waals surface area contributed by atoms with Crippen molar-refractivity contribution in [3.8, 4) is 11.3 Å². The summed E-state index contributed by atoms with van der Waals surface area (Å²) in [5, 5.41) is 4.87. The lowest BCUT2D eigenvalue weighted by molar-refractivity contribution is 0.102. The number of rotatable bonds is 5. The van der Waals surface area contributed by atoms with E-state index in [0.717, 1.165) is 5.39 Å². The summed E-state index contributed by atoms with van der Waals surface area (Å²) in [6.07, 6.45) is 0. The fourth-order valence-corrected chi connectivity index (χ4v) is 4.70. The summed E-state index contributed by atoms with van der Waals surface area (Å²) in [7, 11) is -3.41. The van der Waals surface area contributed by atoms with Gasteiger partial charge in [-0.25, -0.2) is 18.2 Å². The Hall–Kier alpha value is -3.30. The number of nitrogens with zero attached hydrogens (tertiary/aromatic N) is 1. The van der Waals surface area contributed by atoms with Crippen LogP contribution >= 0.6 is 11.3 Å². The Balaban J connectivity index is 1.55. The third-order valence-corrected chi connectivity index (χ3v) is 7.64. The molecule has 4 aromatic rings. The Kier molecular flexibility index (Phi) is 5.47. The minimum absolute atomic E-state index is 0.165. The number of hydrogen-bond donors (Lipinski definition) is 1. The van der Waals surface area contributed by atoms with Crippen molar-refractivity contribution < 1.29 is 17.6 Å². The number of aromatic nitrogens is 1. The number of carbonyl (C=O) groups is 1. The van der Waals surface area contributed by atoms with Gasteiger partial charge in [0.25, 0.3) is 5.91 Å². The Bertz CT molecular complexity index is 1430. The second-order valence-electron chi connectivity index (χ2n) is 7.10. The first kappa shape index (κ1) is 21.0. The van der Waals surface area contributed by atoms with Gasteiger partial charge in [0, 0.05) is 16.3 Å². The molecule has 31 heavy (non-hydrogen) atoms. The zero-order valence-corrected chi connectivity index (χ0v) is 18.3. The van der Waals surface area contributed by atoms with Crippen LogP contribution in [0.3, 0.4) is 0 Å². The van der Waals surface area contributed by atoms with Gasteiger partial charge in [-0.2, -0.15) is 0 Å². The van der Waals surface area contributed by atoms with E-state index < -0.39 is 26.6 Å². The molecule has 9 heteroatoms. The van der Waals surface area contributed by atoms with Crippen LogP contribution in [0.1, 0.15) is 24.2 Å². The van der Waals surface area contributed by atoms with E-state index in [1.807, 2.05) is 12.1 Å². The third-order valence-electron chi connectivity index (χ3n) is 4.71. The maximum absolute atomic E-state index is 12.5. The van der Waals surface area contributed by atoms with Gasteiger partial charge >= 0.3 is 5.63 Å². The molecule has 0 aliphatic heterocycles. The van der Waals surface area contributed by atoms with Crippen LogP contribution in [0.15, 0.2) is 74.1 Å². The number of para-hydroxylation sites is 1. The smallest absolute Gasteiger partial charge is 0.345 e. The molecule has 0 atom stereocenters. The van der Waals surface area contributed by atoms with Gasteiger partial charge in [-0.15, -0.1) is 11.3 Å². The molecular weight excluding hydrogens is 436 g/mol. The zero-order valence-electron chi connectivity index (χ0n) is 16.7. The molecule has 7 nitrogen and oxygen atoms in total. The number of anilines is 1. The number of hydrogen-bond acceptors (Lipinski definition) is 7. The average molecular weight is 455 g/mol. The van der Waals surface area contributed by atoms with Crippen LogP contribution in [0.25, 0.3) is 22.2 Å². The highest BCUT2D eigenvalue weighted by molar-refractivity contribution is 7.92. The minimum Gasteiger partial charge on any atom is -0.422 e. The van der Waals surface area contributed by atoms with Crippen LogP contribution in [0.4, 0.5) is 5.13 Å². The standard InChI is InChI=1S/C22H18N2O5S2/c1-13(2)31(27,28)16-9-7-14(8-10-16)20(25)24-22-23-18(12-30-22)17-11-15-5-3-4-6-19(15)29-21(17)26/h3-13H,1-2H3,(H,23,24,25). The molecule has 158 valence electrons. The van der Waals surface area contributed by atoms with E-state index in [2.05, 4.69) is 10.3 Å². The maximum atomic E-state index is 12.5. The van der Waals surface area contributed by atoms with E-state index in [1.54, 1.807) is 37.4 Å². The van der Waals surface area contributed by atoms with Crippen molar-refractivity contribution >= 4 is 43.2 Å². The SMILES string of the molecule is CC(C)S(=O)(=O)c1ccc(C(=O)Nc2nc(-c3cc4ccccc4oc3=O)cs2)cc1. The van der Waals surface area contributed by atoms with Gasteiger partial charge in [0.1, 0.15) is 5.58 Å². The highest BCUT2D eigenvalue weighted by atomic mass is 32.2. The van der Waals surface area contributed by atoms with Crippen LogP contribution < -0.4 is 10.9 Å². The fourth-order valence-electron chi connectivity index (χ4n) is 2.93. The van der Waals surface area contributed by atoms with Gasteiger partial charge in [-0.3, -0.25) is 10.1 Å². The second-order valence-corrected chi connectivity index (χ2v) is 10.5. The number of thiazole rings is 1. The molecule has 0 aliphatic carbocycles. The molecule has 0 spiro atoms. The normalized spacial score (nSPS) is 11.7. The molecule has 0 unspecified atom stereocenters. The highest BCUT2D eigenvalue weighted by Crippen LogP contribution is 2.26. The van der Waals surface area contributed by atoms with Crippen LogP contribution in [-0.2, 0) is 9.84 Å². The van der Waals surface area contributed by atoms with Crippen molar-refractivity contribution in [2.45, 2.75) is 24.0 Å². The van der Waals surface area contributed by atoms with Crippen molar-refractivity contribution in [1.82, 2.24) is 4.98 Å². The van der Waals surface area contributed by atoms with E-state index in [9.17, 15) is 18.0 Å². The van der Waals surface area contributed by atoms with E-state index in [0.29, 0.717) is 27.5 Å². The van der Waals surface area contributed by atoms with Crippen molar-refractivity contribution in [2.24, 2.45) is 0 Å². The first-order chi connectivity index (χ1) is 14.8. The summed E-state index contributed by atoms with van der Waals surface area (Å²) < 4.78 is 29.8. The second kappa shape index (κ2) is 8.09. The molecule has 1 amide bonds. The maximum Gasteiger partial charge on any atom is 0.345 e. The summed E-state index contributed by atoms with van der Waals surface area (Å²) in [5.41, 5.74) is 0.980. The molecule has 2 aromatic heterocycles. The number of benzene rings is 2. The lowest BCUT2D eigenvalue weighted by atomic mass is 10.1. The molecule has 0 fully saturated rings. The molecule has 0 radical (unpaired) electrons. The molecule has 0 saturated heterocycles. The minimum atomic E-state index is -3.41. The number of fused-ring (bicyclic) bond motifs is 1. The van der Waals surface area contributed by atoms with Crippen LogP contribution in [0.2, 0.25) is 0 Å². The number of sulfone groups is 1. The van der Waals surface area contributed by atoms with E-state index >= 15 is 0 Å². The number of nitrogens with one attached hydrogen (secondary N) is 1. The van der Waals surface area contributed by atoms with Gasteiger partial charge in [-0.1, -0.05) is 18.2 Å². The lowest BCUT2D eigenvalue weighted by Gasteiger charge is -2.08. The van der Waals surface area contributed by atoms with Gasteiger partial charge in [0.2, 0.25) is 0 Å². The largest absolute Gasteiger partial charge is 0.422 e. The van der Waals surface area contributed by atoms with Crippen molar-refractivity contribution in [3.05, 3.63) is 76.0 Å². The lowest BCUT2D eigenvalue weighted by Crippen LogP contribution is -2.15. The molecule has 1 N–H and O–H groups in total.